The summed E-state index contributed by atoms with van der Waals surface area (Å²) in [4.78, 5) is 2.54. The Morgan fingerprint density at radius 1 is 1.14 bits per heavy atom. The number of aryl methyl sites for hydroxylation is 1. The van der Waals surface area contributed by atoms with E-state index >= 15 is 0 Å². The summed E-state index contributed by atoms with van der Waals surface area (Å²) in [5.41, 5.74) is 3.92. The summed E-state index contributed by atoms with van der Waals surface area (Å²) < 4.78 is 37.2. The highest BCUT2D eigenvalue weighted by Gasteiger charge is 2.23. The van der Waals surface area contributed by atoms with Gasteiger partial charge in [-0.25, -0.2) is 8.42 Å². The van der Waals surface area contributed by atoms with E-state index in [0.717, 1.165) is 61.2 Å². The number of rotatable bonds is 13. The number of nitrogens with zero attached hydrogens (tertiary/aromatic N) is 2. The van der Waals surface area contributed by atoms with E-state index in [1.54, 1.807) is 12.1 Å². The Hall–Kier alpha value is -3.04. The predicted molar refractivity (Wildman–Crippen MR) is 187 cm³/mol. The summed E-state index contributed by atoms with van der Waals surface area (Å²) in [6.07, 6.45) is 3.70. The second-order valence-electron chi connectivity index (χ2n) is 12.5. The third-order valence-electron chi connectivity index (χ3n) is 7.70. The lowest BCUT2D eigenvalue weighted by atomic mass is 9.52. The number of piperidine rings is 1. The average molecular weight is 618 g/mol. The van der Waals surface area contributed by atoms with Gasteiger partial charge in [0.25, 0.3) is 0 Å². The molecule has 2 aromatic carbocycles. The van der Waals surface area contributed by atoms with E-state index in [2.05, 4.69) is 63.1 Å². The highest BCUT2D eigenvalue weighted by atomic mass is 32.2. The van der Waals surface area contributed by atoms with E-state index in [-0.39, 0.29) is 10.2 Å². The van der Waals surface area contributed by atoms with Gasteiger partial charge in [-0.1, -0.05) is 18.9 Å². The van der Waals surface area contributed by atoms with Gasteiger partial charge in [0.15, 0.2) is 9.84 Å². The van der Waals surface area contributed by atoms with E-state index in [4.69, 9.17) is 9.47 Å². The van der Waals surface area contributed by atoms with Crippen molar-refractivity contribution in [1.82, 2.24) is 9.47 Å². The van der Waals surface area contributed by atoms with Crippen molar-refractivity contribution in [3.05, 3.63) is 48.2 Å². The van der Waals surface area contributed by atoms with Crippen molar-refractivity contribution in [3.63, 3.8) is 0 Å². The zero-order chi connectivity index (χ0) is 31.9. The van der Waals surface area contributed by atoms with Crippen molar-refractivity contribution < 1.29 is 23.0 Å². The molecule has 1 aliphatic heterocycles. The largest absolute Gasteiger partial charge is 0.495 e. The first-order valence-corrected chi connectivity index (χ1v) is 17.3. The number of methoxy groups -OCH3 is 1. The lowest BCUT2D eigenvalue weighted by molar-refractivity contribution is 0.00952. The number of ether oxygens (including phenoxy) is 2. The van der Waals surface area contributed by atoms with E-state index in [9.17, 15) is 13.5 Å². The third-order valence-corrected chi connectivity index (χ3v) is 8.81. The Morgan fingerprint density at radius 3 is 2.55 bits per heavy atom. The molecule has 1 saturated heterocycles. The molecule has 3 N–H and O–H groups in total. The maximum absolute atomic E-state index is 11.9. The van der Waals surface area contributed by atoms with Gasteiger partial charge in [0.1, 0.15) is 29.3 Å². The quantitative estimate of drug-likeness (QED) is 0.190. The topological polar surface area (TPSA) is 105 Å². The van der Waals surface area contributed by atoms with Crippen LogP contribution >= 0.6 is 0 Å². The van der Waals surface area contributed by atoms with Crippen LogP contribution in [0.15, 0.2) is 47.4 Å². The number of aliphatic hydroxyl groups excluding tert-OH is 1. The van der Waals surface area contributed by atoms with Gasteiger partial charge in [-0.2, -0.15) is 0 Å². The van der Waals surface area contributed by atoms with Gasteiger partial charge in [0.05, 0.1) is 48.2 Å². The van der Waals surface area contributed by atoms with Gasteiger partial charge in [-0.3, -0.25) is 0 Å². The van der Waals surface area contributed by atoms with Gasteiger partial charge in [0, 0.05) is 55.6 Å². The van der Waals surface area contributed by atoms with Crippen LogP contribution in [-0.4, -0.2) is 110 Å². The molecule has 4 rings (SSSR count). The number of aliphatic hydroxyl groups is 1. The highest BCUT2D eigenvalue weighted by Crippen LogP contribution is 2.30. The summed E-state index contributed by atoms with van der Waals surface area (Å²) in [6.45, 7) is 6.26. The zero-order valence-electron chi connectivity index (χ0n) is 26.9. The molecule has 0 radical (unpaired) electrons. The fourth-order valence-corrected chi connectivity index (χ4v) is 6.11. The molecule has 1 aromatic heterocycles. The molecule has 1 unspecified atom stereocenters. The molecule has 0 spiro atoms. The molecular weight excluding hydrogens is 573 g/mol. The molecule has 1 fully saturated rings. The summed E-state index contributed by atoms with van der Waals surface area (Å²) in [7, 11) is 4.21. The van der Waals surface area contributed by atoms with E-state index < -0.39 is 15.9 Å². The van der Waals surface area contributed by atoms with Gasteiger partial charge in [-0.15, -0.1) is 0 Å². The van der Waals surface area contributed by atoms with Crippen LogP contribution in [-0.2, 0) is 21.1 Å². The number of benzene rings is 2. The van der Waals surface area contributed by atoms with Crippen molar-refractivity contribution >= 4 is 55.7 Å². The van der Waals surface area contributed by atoms with Crippen LogP contribution in [0.4, 0.5) is 11.4 Å². The number of aromatic nitrogens is 1. The minimum atomic E-state index is -3.32. The number of anilines is 2. The van der Waals surface area contributed by atoms with Crippen molar-refractivity contribution in [1.29, 1.82) is 0 Å². The Bertz CT molecular complexity index is 1590. The lowest BCUT2D eigenvalue weighted by Gasteiger charge is -2.34. The Labute approximate surface area is 265 Å². The number of β-amino-alcohol motifs (C(OH)–C–C–N with tert-alkyl or cyclic N) is 1. The van der Waals surface area contributed by atoms with Gasteiger partial charge >= 0.3 is 0 Å². The minimum Gasteiger partial charge on any atom is -0.495 e. The van der Waals surface area contributed by atoms with Crippen molar-refractivity contribution in [2.24, 2.45) is 0 Å². The number of fused-ring (bicyclic) bond motifs is 1. The van der Waals surface area contributed by atoms with Crippen LogP contribution in [0.25, 0.3) is 10.9 Å². The lowest BCUT2D eigenvalue weighted by Crippen LogP contribution is -2.45. The average Bonchev–Trinajstić information content (AvgIpc) is 3.32. The Kier molecular flexibility index (Phi) is 11.4. The smallest absolute Gasteiger partial charge is 0.175 e. The minimum absolute atomic E-state index is 0.213. The van der Waals surface area contributed by atoms with Crippen LogP contribution < -0.4 is 15.4 Å². The van der Waals surface area contributed by atoms with Crippen LogP contribution in [0.5, 0.6) is 5.75 Å². The number of likely N-dealkylation sites (tertiary alicyclic amines) is 1. The fraction of sp³-hybridized carbons (Fsp3) is 0.484. The van der Waals surface area contributed by atoms with Gasteiger partial charge in [-0.05, 0) is 60.8 Å². The monoisotopic (exact) mass is 618 g/mol. The molecule has 1 aliphatic rings. The molecule has 0 bridgehead atoms. The number of hydrogen-bond acceptors (Lipinski definition) is 8. The summed E-state index contributed by atoms with van der Waals surface area (Å²) >= 11 is 0. The molecule has 0 saturated carbocycles. The summed E-state index contributed by atoms with van der Waals surface area (Å²) in [5.74, 6) is 7.04. The molecule has 0 aliphatic carbocycles. The van der Waals surface area contributed by atoms with Crippen LogP contribution in [0.2, 0.25) is 0 Å². The van der Waals surface area contributed by atoms with Gasteiger partial charge < -0.3 is 34.7 Å². The van der Waals surface area contributed by atoms with E-state index in [1.807, 2.05) is 23.5 Å². The number of nitrogens with one attached hydrogen (secondary N) is 2. The zero-order valence-corrected chi connectivity index (χ0v) is 27.8. The second kappa shape index (κ2) is 14.8. The maximum Gasteiger partial charge on any atom is 0.175 e. The Morgan fingerprint density at radius 2 is 1.89 bits per heavy atom. The Balaban J connectivity index is 1.41. The predicted octanol–water partition coefficient (Wildman–Crippen LogP) is 0.691. The molecule has 2 heterocycles. The van der Waals surface area contributed by atoms with Crippen LogP contribution in [0.1, 0.15) is 31.9 Å². The first-order valence-electron chi connectivity index (χ1n) is 15.4. The van der Waals surface area contributed by atoms with E-state index in [1.165, 1.54) is 19.4 Å². The van der Waals surface area contributed by atoms with Crippen molar-refractivity contribution in [3.8, 4) is 17.6 Å². The third kappa shape index (κ3) is 9.24. The standard InChI is InChI=1S/C31H45B3N4O5S/c1-4-15-38-23(7-6-14-35-28-11-10-25(44(3,40)41)19-30(28)42-2)18-26-27(8-5-9-29(26)38)36-22-12-16-37(17-13-22)20-24(39)21-43-31(32,33)34/h5,8-11,18-19,22,24,35-36,39H,4,12-17,20-21,32-34H2,1-3H3. The highest BCUT2D eigenvalue weighted by molar-refractivity contribution is 7.90. The molecule has 0 amide bonds. The molecular formula is C31H45B3N4O5S. The molecule has 13 heteroatoms. The molecule has 44 heavy (non-hydrogen) atoms. The summed E-state index contributed by atoms with van der Waals surface area (Å²) in [5, 5.41) is 18.4. The maximum atomic E-state index is 11.9. The van der Waals surface area contributed by atoms with Crippen molar-refractivity contribution in [2.75, 3.05) is 56.8 Å². The summed E-state index contributed by atoms with van der Waals surface area (Å²) in [6, 6.07) is 13.7. The first-order chi connectivity index (χ1) is 20.9. The van der Waals surface area contributed by atoms with Crippen LogP contribution in [0, 0.1) is 11.8 Å². The van der Waals surface area contributed by atoms with Crippen molar-refractivity contribution in [2.45, 2.75) is 55.1 Å². The normalized spacial score (nSPS) is 15.5. The first kappa shape index (κ1) is 33.8. The van der Waals surface area contributed by atoms with Gasteiger partial charge in [0.2, 0.25) is 0 Å². The molecule has 1 atom stereocenters. The number of sulfone groups is 1. The van der Waals surface area contributed by atoms with Crippen LogP contribution in [0.3, 0.4) is 0 Å². The fourth-order valence-electron chi connectivity index (χ4n) is 5.48. The van der Waals surface area contributed by atoms with E-state index in [0.29, 0.717) is 37.2 Å². The molecule has 234 valence electrons. The second-order valence-corrected chi connectivity index (χ2v) is 14.5. The molecule has 9 nitrogen and oxygen atoms in total. The SMILES string of the molecule is BC(B)(B)OCC(O)CN1CCC(Nc2cccc3c2cc(C#CCNc2ccc(S(C)(=O)=O)cc2OC)n3CCC)CC1. The molecule has 3 aromatic rings. The number of hydrogen-bond donors (Lipinski definition) is 3.